The van der Waals surface area contributed by atoms with Crippen molar-refractivity contribution < 1.29 is 4.52 Å². The molecule has 0 saturated heterocycles. The van der Waals surface area contributed by atoms with Crippen molar-refractivity contribution in [2.45, 2.75) is 31.8 Å². The van der Waals surface area contributed by atoms with Gasteiger partial charge in [-0.3, -0.25) is 0 Å². The highest BCUT2D eigenvalue weighted by atomic mass is 16.5. The van der Waals surface area contributed by atoms with Crippen LogP contribution in [0, 0.1) is 0 Å². The Balaban J connectivity index is 1.60. The van der Waals surface area contributed by atoms with Crippen molar-refractivity contribution in [1.82, 2.24) is 20.0 Å². The summed E-state index contributed by atoms with van der Waals surface area (Å²) < 4.78 is 7.48. The van der Waals surface area contributed by atoms with Crippen molar-refractivity contribution in [3.63, 3.8) is 0 Å². The van der Waals surface area contributed by atoms with Gasteiger partial charge in [0.25, 0.3) is 0 Å². The Kier molecular flexibility index (Phi) is 3.00. The van der Waals surface area contributed by atoms with Gasteiger partial charge in [0.2, 0.25) is 5.89 Å². The number of nitrogens with one attached hydrogen (secondary N) is 1. The topological polar surface area (TPSA) is 55.9 Å². The van der Waals surface area contributed by atoms with Gasteiger partial charge in [0.05, 0.1) is 6.54 Å². The molecular formula is C16H18N4O. The summed E-state index contributed by atoms with van der Waals surface area (Å²) in [6.45, 7) is 1.54. The molecule has 1 aliphatic rings. The molecule has 4 rings (SSSR count). The first-order valence-electron chi connectivity index (χ1n) is 7.38. The van der Waals surface area contributed by atoms with Gasteiger partial charge in [0.15, 0.2) is 5.82 Å². The van der Waals surface area contributed by atoms with Gasteiger partial charge in [-0.2, -0.15) is 4.98 Å². The molecule has 1 aromatic carbocycles. The fraction of sp³-hybridized carbons (Fsp3) is 0.375. The van der Waals surface area contributed by atoms with Gasteiger partial charge in [0, 0.05) is 24.2 Å². The molecule has 1 aliphatic carbocycles. The van der Waals surface area contributed by atoms with E-state index in [1.165, 1.54) is 29.3 Å². The summed E-state index contributed by atoms with van der Waals surface area (Å²) in [4.78, 5) is 4.49. The molecule has 2 aromatic heterocycles. The smallest absolute Gasteiger partial charge is 0.229 e. The molecule has 2 heterocycles. The van der Waals surface area contributed by atoms with Crippen molar-refractivity contribution in [3.05, 3.63) is 47.7 Å². The minimum absolute atomic E-state index is 0.511. The highest BCUT2D eigenvalue weighted by Gasteiger charge is 2.29. The Bertz CT molecular complexity index is 770. The Labute approximate surface area is 123 Å². The van der Waals surface area contributed by atoms with Gasteiger partial charge in [-0.25, -0.2) is 0 Å². The number of rotatable bonds is 5. The molecule has 0 bridgehead atoms. The lowest BCUT2D eigenvalue weighted by molar-refractivity contribution is 0.373. The number of fused-ring (bicyclic) bond motifs is 1. The van der Waals surface area contributed by atoms with Crippen molar-refractivity contribution in [2.75, 3.05) is 7.05 Å². The van der Waals surface area contributed by atoms with Crippen molar-refractivity contribution in [1.29, 1.82) is 0 Å². The van der Waals surface area contributed by atoms with E-state index in [0.717, 1.165) is 18.3 Å². The molecule has 5 heteroatoms. The summed E-state index contributed by atoms with van der Waals surface area (Å²) >= 11 is 0. The van der Waals surface area contributed by atoms with E-state index in [1.54, 1.807) is 0 Å². The summed E-state index contributed by atoms with van der Waals surface area (Å²) in [5.74, 6) is 2.07. The normalized spacial score (nSPS) is 14.9. The van der Waals surface area contributed by atoms with Crippen LogP contribution in [0.4, 0.5) is 0 Å². The van der Waals surface area contributed by atoms with Crippen LogP contribution in [-0.4, -0.2) is 21.8 Å². The van der Waals surface area contributed by atoms with E-state index in [0.29, 0.717) is 12.5 Å². The largest absolute Gasteiger partial charge is 0.340 e. The molecule has 1 fully saturated rings. The Morgan fingerprint density at radius 3 is 3.05 bits per heavy atom. The molecule has 0 radical (unpaired) electrons. The van der Waals surface area contributed by atoms with E-state index in [2.05, 4.69) is 50.5 Å². The summed E-state index contributed by atoms with van der Waals surface area (Å²) in [6, 6.07) is 8.66. The summed E-state index contributed by atoms with van der Waals surface area (Å²) in [7, 11) is 1.96. The monoisotopic (exact) mass is 282 g/mol. The lowest BCUT2D eigenvalue weighted by atomic mass is 10.1. The summed E-state index contributed by atoms with van der Waals surface area (Å²) in [5, 5.41) is 8.51. The van der Waals surface area contributed by atoms with Crippen LogP contribution in [-0.2, 0) is 13.1 Å². The molecule has 0 spiro atoms. The third-order valence-corrected chi connectivity index (χ3v) is 3.94. The Morgan fingerprint density at radius 2 is 2.24 bits per heavy atom. The van der Waals surface area contributed by atoms with E-state index in [1.807, 2.05) is 7.05 Å². The maximum Gasteiger partial charge on any atom is 0.229 e. The van der Waals surface area contributed by atoms with Crippen LogP contribution in [0.1, 0.15) is 36.0 Å². The minimum Gasteiger partial charge on any atom is -0.340 e. The number of hydrogen-bond acceptors (Lipinski definition) is 4. The van der Waals surface area contributed by atoms with Crippen molar-refractivity contribution in [2.24, 2.45) is 0 Å². The molecular weight excluding hydrogens is 264 g/mol. The average Bonchev–Trinajstić information content (AvgIpc) is 3.12. The first-order valence-corrected chi connectivity index (χ1v) is 7.38. The molecule has 108 valence electrons. The van der Waals surface area contributed by atoms with E-state index in [4.69, 9.17) is 4.52 Å². The molecule has 1 saturated carbocycles. The molecule has 0 amide bonds. The third kappa shape index (κ3) is 2.45. The molecule has 21 heavy (non-hydrogen) atoms. The lowest BCUT2D eigenvalue weighted by Crippen LogP contribution is -2.05. The second kappa shape index (κ2) is 5.00. The zero-order chi connectivity index (χ0) is 14.2. The van der Waals surface area contributed by atoms with Crippen LogP contribution in [0.15, 0.2) is 35.0 Å². The van der Waals surface area contributed by atoms with Gasteiger partial charge < -0.3 is 14.4 Å². The third-order valence-electron chi connectivity index (χ3n) is 3.94. The van der Waals surface area contributed by atoms with Crippen LogP contribution >= 0.6 is 0 Å². The summed E-state index contributed by atoms with van der Waals surface area (Å²) in [6.07, 6.45) is 4.45. The van der Waals surface area contributed by atoms with E-state index in [-0.39, 0.29) is 0 Å². The average molecular weight is 282 g/mol. The van der Waals surface area contributed by atoms with E-state index >= 15 is 0 Å². The molecule has 3 aromatic rings. The standard InChI is InChI=1S/C16H18N4O/c1-17-9-11-2-5-14-13(8-11)6-7-20(14)10-15-18-16(21-19-15)12-3-4-12/h2,5-8,12,17H,3-4,9-10H2,1H3. The summed E-state index contributed by atoms with van der Waals surface area (Å²) in [5.41, 5.74) is 2.49. The van der Waals surface area contributed by atoms with E-state index < -0.39 is 0 Å². The van der Waals surface area contributed by atoms with Crippen molar-refractivity contribution >= 4 is 10.9 Å². The van der Waals surface area contributed by atoms with E-state index in [9.17, 15) is 0 Å². The minimum atomic E-state index is 0.511. The Hall–Kier alpha value is -2.14. The number of nitrogens with zero attached hydrogens (tertiary/aromatic N) is 3. The highest BCUT2D eigenvalue weighted by Crippen LogP contribution is 2.38. The van der Waals surface area contributed by atoms with Crippen LogP contribution in [0.3, 0.4) is 0 Å². The number of hydrogen-bond donors (Lipinski definition) is 1. The number of aromatic nitrogens is 3. The lowest BCUT2D eigenvalue weighted by Gasteiger charge is -2.04. The number of benzene rings is 1. The molecule has 5 nitrogen and oxygen atoms in total. The van der Waals surface area contributed by atoms with Crippen LogP contribution < -0.4 is 5.32 Å². The molecule has 0 atom stereocenters. The van der Waals surface area contributed by atoms with Crippen LogP contribution in [0.2, 0.25) is 0 Å². The first-order chi connectivity index (χ1) is 10.3. The van der Waals surface area contributed by atoms with Gasteiger partial charge in [-0.15, -0.1) is 0 Å². The van der Waals surface area contributed by atoms with Gasteiger partial charge >= 0.3 is 0 Å². The Morgan fingerprint density at radius 1 is 1.33 bits per heavy atom. The van der Waals surface area contributed by atoms with Crippen LogP contribution in [0.5, 0.6) is 0 Å². The second-order valence-electron chi connectivity index (χ2n) is 5.69. The van der Waals surface area contributed by atoms with Crippen molar-refractivity contribution in [3.8, 4) is 0 Å². The zero-order valence-electron chi connectivity index (χ0n) is 12.0. The highest BCUT2D eigenvalue weighted by molar-refractivity contribution is 5.80. The maximum atomic E-state index is 5.32. The van der Waals surface area contributed by atoms with Gasteiger partial charge in [0.1, 0.15) is 0 Å². The second-order valence-corrected chi connectivity index (χ2v) is 5.69. The predicted molar refractivity (Wildman–Crippen MR) is 80.1 cm³/mol. The first kappa shape index (κ1) is 12.6. The fourth-order valence-corrected chi connectivity index (χ4v) is 2.68. The van der Waals surface area contributed by atoms with Gasteiger partial charge in [-0.1, -0.05) is 11.2 Å². The maximum absolute atomic E-state index is 5.32. The molecule has 0 unspecified atom stereocenters. The quantitative estimate of drug-likeness (QED) is 0.781. The SMILES string of the molecule is CNCc1ccc2c(ccn2Cc2noc(C3CC3)n2)c1. The predicted octanol–water partition coefficient (Wildman–Crippen LogP) is 2.67. The fourth-order valence-electron chi connectivity index (χ4n) is 2.68. The zero-order valence-corrected chi connectivity index (χ0v) is 12.0. The van der Waals surface area contributed by atoms with Crippen LogP contribution in [0.25, 0.3) is 10.9 Å². The molecule has 1 N–H and O–H groups in total. The molecule has 0 aliphatic heterocycles. The van der Waals surface area contributed by atoms with Gasteiger partial charge in [-0.05, 0) is 49.0 Å².